The van der Waals surface area contributed by atoms with Crippen molar-refractivity contribution in [1.29, 1.82) is 0 Å². The van der Waals surface area contributed by atoms with Crippen LogP contribution in [0.4, 0.5) is 4.39 Å². The summed E-state index contributed by atoms with van der Waals surface area (Å²) in [4.78, 5) is 3.62. The molecule has 3 nitrogen and oxygen atoms in total. The van der Waals surface area contributed by atoms with Crippen LogP contribution in [0.2, 0.25) is 0 Å². The molecule has 72 valence electrons. The molecular formula is C9H13FN2O. The monoisotopic (exact) mass is 184 g/mol. The highest BCUT2D eigenvalue weighted by molar-refractivity contribution is 5.23. The first kappa shape index (κ1) is 10.1. The fourth-order valence-electron chi connectivity index (χ4n) is 1.15. The Morgan fingerprint density at radius 1 is 1.54 bits per heavy atom. The van der Waals surface area contributed by atoms with Gasteiger partial charge in [-0.05, 0) is 25.5 Å². The molecule has 0 fully saturated rings. The maximum Gasteiger partial charge on any atom is 0.213 e. The van der Waals surface area contributed by atoms with Crippen molar-refractivity contribution in [2.45, 2.75) is 26.0 Å². The van der Waals surface area contributed by atoms with E-state index in [0.29, 0.717) is 11.3 Å². The van der Waals surface area contributed by atoms with E-state index in [4.69, 9.17) is 5.73 Å². The Hall–Kier alpha value is -1.00. The molecule has 4 heteroatoms. The van der Waals surface area contributed by atoms with Gasteiger partial charge in [-0.15, -0.1) is 0 Å². The zero-order valence-corrected chi connectivity index (χ0v) is 7.66. The molecule has 0 aliphatic rings. The number of aliphatic hydroxyl groups is 1. The van der Waals surface area contributed by atoms with E-state index < -0.39 is 18.1 Å². The average molecular weight is 184 g/mol. The van der Waals surface area contributed by atoms with Crippen LogP contribution in [0.1, 0.15) is 24.2 Å². The molecular weight excluding hydrogens is 171 g/mol. The Balaban J connectivity index is 3.01. The van der Waals surface area contributed by atoms with Crippen molar-refractivity contribution in [1.82, 2.24) is 4.98 Å². The Morgan fingerprint density at radius 2 is 2.15 bits per heavy atom. The first-order chi connectivity index (χ1) is 6.02. The second-order valence-corrected chi connectivity index (χ2v) is 3.07. The number of hydrogen-bond acceptors (Lipinski definition) is 3. The van der Waals surface area contributed by atoms with E-state index in [1.54, 1.807) is 19.9 Å². The van der Waals surface area contributed by atoms with Gasteiger partial charge in [0.15, 0.2) is 0 Å². The molecule has 3 N–H and O–H groups in total. The van der Waals surface area contributed by atoms with E-state index in [2.05, 4.69) is 4.98 Å². The van der Waals surface area contributed by atoms with Gasteiger partial charge in [-0.25, -0.2) is 4.98 Å². The van der Waals surface area contributed by atoms with Gasteiger partial charge in [-0.2, -0.15) is 4.39 Å². The van der Waals surface area contributed by atoms with E-state index in [1.165, 1.54) is 6.07 Å². The summed E-state index contributed by atoms with van der Waals surface area (Å²) in [6.45, 7) is 3.26. The van der Waals surface area contributed by atoms with Crippen molar-refractivity contribution in [2.24, 2.45) is 5.73 Å². The van der Waals surface area contributed by atoms with Crippen molar-refractivity contribution in [3.63, 3.8) is 0 Å². The van der Waals surface area contributed by atoms with Crippen LogP contribution in [0.5, 0.6) is 0 Å². The third-order valence-electron chi connectivity index (χ3n) is 1.97. The maximum absolute atomic E-state index is 12.6. The van der Waals surface area contributed by atoms with Crippen molar-refractivity contribution in [3.05, 3.63) is 29.3 Å². The number of nitrogens with two attached hydrogens (primary N) is 1. The Morgan fingerprint density at radius 3 is 2.62 bits per heavy atom. The maximum atomic E-state index is 12.6. The van der Waals surface area contributed by atoms with Crippen LogP contribution in [0.25, 0.3) is 0 Å². The summed E-state index contributed by atoms with van der Waals surface area (Å²) >= 11 is 0. The zero-order valence-electron chi connectivity index (χ0n) is 7.66. The molecule has 0 bridgehead atoms. The SMILES string of the molecule is Cc1nc(F)ccc1[C@@H](N)[C@H](C)O. The van der Waals surface area contributed by atoms with Gasteiger partial charge < -0.3 is 10.8 Å². The van der Waals surface area contributed by atoms with Crippen LogP contribution in [-0.2, 0) is 0 Å². The van der Waals surface area contributed by atoms with Crippen molar-refractivity contribution in [2.75, 3.05) is 0 Å². The van der Waals surface area contributed by atoms with E-state index in [-0.39, 0.29) is 0 Å². The third-order valence-corrected chi connectivity index (χ3v) is 1.97. The number of rotatable bonds is 2. The van der Waals surface area contributed by atoms with Crippen LogP contribution in [0, 0.1) is 12.9 Å². The lowest BCUT2D eigenvalue weighted by atomic mass is 10.0. The fourth-order valence-corrected chi connectivity index (χ4v) is 1.15. The third kappa shape index (κ3) is 2.23. The van der Waals surface area contributed by atoms with E-state index in [0.717, 1.165) is 0 Å². The van der Waals surface area contributed by atoms with Crippen molar-refractivity contribution >= 4 is 0 Å². The summed E-state index contributed by atoms with van der Waals surface area (Å²) in [5, 5.41) is 9.22. The Kier molecular flexibility index (Phi) is 2.95. The number of aryl methyl sites for hydroxylation is 1. The molecule has 0 amide bonds. The minimum atomic E-state index is -0.661. The van der Waals surface area contributed by atoms with Crippen LogP contribution < -0.4 is 5.73 Å². The van der Waals surface area contributed by atoms with E-state index in [9.17, 15) is 9.50 Å². The molecule has 0 aliphatic carbocycles. The minimum Gasteiger partial charge on any atom is -0.391 e. The molecule has 0 saturated carbocycles. The molecule has 1 heterocycles. The highest BCUT2D eigenvalue weighted by Gasteiger charge is 2.14. The molecule has 2 atom stereocenters. The molecule has 0 radical (unpaired) electrons. The second-order valence-electron chi connectivity index (χ2n) is 3.07. The number of pyridine rings is 1. The Bertz CT molecular complexity index is 302. The normalized spacial score (nSPS) is 15.5. The minimum absolute atomic E-state index is 0.506. The topological polar surface area (TPSA) is 59.1 Å². The van der Waals surface area contributed by atoms with Gasteiger partial charge in [-0.1, -0.05) is 6.07 Å². The summed E-state index contributed by atoms with van der Waals surface area (Å²) in [5.41, 5.74) is 6.88. The van der Waals surface area contributed by atoms with Gasteiger partial charge in [0.25, 0.3) is 0 Å². The van der Waals surface area contributed by atoms with Crippen LogP contribution in [-0.4, -0.2) is 16.2 Å². The molecule has 0 aromatic carbocycles. The average Bonchev–Trinajstić information content (AvgIpc) is 2.03. The summed E-state index contributed by atoms with van der Waals surface area (Å²) in [6, 6.07) is 2.28. The lowest BCUT2D eigenvalue weighted by molar-refractivity contribution is 0.163. The summed E-state index contributed by atoms with van der Waals surface area (Å²) in [7, 11) is 0. The molecule has 0 saturated heterocycles. The highest BCUT2D eigenvalue weighted by atomic mass is 19.1. The molecule has 0 unspecified atom stereocenters. The first-order valence-corrected chi connectivity index (χ1v) is 4.09. The predicted molar refractivity (Wildman–Crippen MR) is 47.5 cm³/mol. The van der Waals surface area contributed by atoms with E-state index >= 15 is 0 Å². The molecule has 1 aromatic rings. The fraction of sp³-hybridized carbons (Fsp3) is 0.444. The number of aliphatic hydroxyl groups excluding tert-OH is 1. The molecule has 1 rings (SSSR count). The number of halogens is 1. The standard InChI is InChI=1S/C9H13FN2O/c1-5-7(9(11)6(2)13)3-4-8(10)12-5/h3-4,6,9,13H,11H2,1-2H3/t6-,9-/m0/s1. The molecule has 1 aromatic heterocycles. The lowest BCUT2D eigenvalue weighted by Crippen LogP contribution is -2.24. The van der Waals surface area contributed by atoms with E-state index in [1.807, 2.05) is 0 Å². The van der Waals surface area contributed by atoms with Gasteiger partial charge in [0.05, 0.1) is 12.1 Å². The second kappa shape index (κ2) is 3.81. The van der Waals surface area contributed by atoms with Crippen molar-refractivity contribution in [3.8, 4) is 0 Å². The highest BCUT2D eigenvalue weighted by Crippen LogP contribution is 2.16. The van der Waals surface area contributed by atoms with Gasteiger partial charge in [0, 0.05) is 5.69 Å². The largest absolute Gasteiger partial charge is 0.391 e. The van der Waals surface area contributed by atoms with Crippen LogP contribution in [0.15, 0.2) is 12.1 Å². The predicted octanol–water partition coefficient (Wildman–Crippen LogP) is 0.910. The van der Waals surface area contributed by atoms with Crippen LogP contribution in [0.3, 0.4) is 0 Å². The van der Waals surface area contributed by atoms with Gasteiger partial charge in [0.2, 0.25) is 5.95 Å². The number of hydrogen-bond donors (Lipinski definition) is 2. The Labute approximate surface area is 76.4 Å². The van der Waals surface area contributed by atoms with Crippen LogP contribution >= 0.6 is 0 Å². The zero-order chi connectivity index (χ0) is 10.0. The molecule has 13 heavy (non-hydrogen) atoms. The lowest BCUT2D eigenvalue weighted by Gasteiger charge is -2.16. The first-order valence-electron chi connectivity index (χ1n) is 4.09. The molecule has 0 aliphatic heterocycles. The number of aromatic nitrogens is 1. The summed E-state index contributed by atoms with van der Waals surface area (Å²) < 4.78 is 12.6. The summed E-state index contributed by atoms with van der Waals surface area (Å²) in [5.74, 6) is -0.529. The van der Waals surface area contributed by atoms with Gasteiger partial charge >= 0.3 is 0 Å². The van der Waals surface area contributed by atoms with Gasteiger partial charge in [0.1, 0.15) is 0 Å². The molecule has 0 spiro atoms. The van der Waals surface area contributed by atoms with Gasteiger partial charge in [-0.3, -0.25) is 0 Å². The quantitative estimate of drug-likeness (QED) is 0.671. The number of nitrogens with zero attached hydrogens (tertiary/aromatic N) is 1. The smallest absolute Gasteiger partial charge is 0.213 e. The summed E-state index contributed by atoms with van der Waals surface area (Å²) in [6.07, 6.45) is -0.661. The van der Waals surface area contributed by atoms with Crippen molar-refractivity contribution < 1.29 is 9.50 Å².